The van der Waals surface area contributed by atoms with Gasteiger partial charge in [0.05, 0.1) is 5.56 Å². The number of aromatic nitrogens is 1. The zero-order valence-electron chi connectivity index (χ0n) is 11.8. The molecule has 1 fully saturated rings. The van der Waals surface area contributed by atoms with Crippen molar-refractivity contribution in [1.29, 1.82) is 0 Å². The summed E-state index contributed by atoms with van der Waals surface area (Å²) < 4.78 is 27.6. The molecule has 4 nitrogen and oxygen atoms in total. The van der Waals surface area contributed by atoms with Crippen LogP contribution in [0.3, 0.4) is 0 Å². The molecule has 2 aromatic rings. The normalized spacial score (nSPS) is 15.6. The minimum atomic E-state index is -0.674. The van der Waals surface area contributed by atoms with E-state index in [1.165, 1.54) is 18.2 Å². The first kappa shape index (κ1) is 15.1. The zero-order chi connectivity index (χ0) is 15.5. The summed E-state index contributed by atoms with van der Waals surface area (Å²) in [7, 11) is 0. The molecule has 0 spiro atoms. The van der Waals surface area contributed by atoms with E-state index in [1.54, 1.807) is 10.3 Å². The number of halogens is 2. The monoisotopic (exact) mass is 323 g/mol. The number of rotatable bonds is 2. The van der Waals surface area contributed by atoms with Gasteiger partial charge in [-0.1, -0.05) is 6.07 Å². The second-order valence-corrected chi connectivity index (χ2v) is 5.89. The van der Waals surface area contributed by atoms with Gasteiger partial charge in [-0.3, -0.25) is 4.79 Å². The van der Waals surface area contributed by atoms with Gasteiger partial charge in [0.15, 0.2) is 0 Å². The van der Waals surface area contributed by atoms with Gasteiger partial charge in [-0.15, -0.1) is 11.3 Å². The van der Waals surface area contributed by atoms with E-state index in [0.717, 1.165) is 30.8 Å². The molecule has 116 valence electrons. The van der Waals surface area contributed by atoms with E-state index in [0.29, 0.717) is 13.1 Å². The predicted octanol–water partition coefficient (Wildman–Crippen LogP) is 2.52. The standard InChI is InChI=1S/C15H15F2N3OS/c16-10-3-1-4-11(17)13(10)14-19-12(9-22-14)15(21)20-7-2-5-18-6-8-20/h1,3-4,9,18H,2,5-8H2. The second-order valence-electron chi connectivity index (χ2n) is 5.03. The molecule has 0 bridgehead atoms. The van der Waals surface area contributed by atoms with Crippen molar-refractivity contribution in [3.8, 4) is 10.6 Å². The van der Waals surface area contributed by atoms with E-state index in [4.69, 9.17) is 0 Å². The average molecular weight is 323 g/mol. The topological polar surface area (TPSA) is 45.2 Å². The molecule has 1 aliphatic heterocycles. The molecule has 1 aliphatic rings. The number of amides is 1. The highest BCUT2D eigenvalue weighted by atomic mass is 32.1. The average Bonchev–Trinajstić information content (AvgIpc) is 2.81. The molecule has 0 radical (unpaired) electrons. The second kappa shape index (κ2) is 6.50. The molecule has 1 aromatic heterocycles. The van der Waals surface area contributed by atoms with Crippen LogP contribution in [0.1, 0.15) is 16.9 Å². The SMILES string of the molecule is O=C(c1csc(-c2c(F)cccc2F)n1)N1CCCNCC1. The zero-order valence-corrected chi connectivity index (χ0v) is 12.6. The molecule has 1 aromatic carbocycles. The van der Waals surface area contributed by atoms with Crippen LogP contribution in [-0.4, -0.2) is 42.0 Å². The van der Waals surface area contributed by atoms with Gasteiger partial charge in [0.25, 0.3) is 5.91 Å². The maximum Gasteiger partial charge on any atom is 0.273 e. The number of hydrogen-bond donors (Lipinski definition) is 1. The summed E-state index contributed by atoms with van der Waals surface area (Å²) >= 11 is 1.07. The van der Waals surface area contributed by atoms with Gasteiger partial charge < -0.3 is 10.2 Å². The highest BCUT2D eigenvalue weighted by Gasteiger charge is 2.22. The van der Waals surface area contributed by atoms with Gasteiger partial charge in [-0.25, -0.2) is 13.8 Å². The van der Waals surface area contributed by atoms with E-state index in [2.05, 4.69) is 10.3 Å². The van der Waals surface area contributed by atoms with Gasteiger partial charge in [-0.2, -0.15) is 0 Å². The maximum atomic E-state index is 13.8. The Morgan fingerprint density at radius 1 is 1.23 bits per heavy atom. The van der Waals surface area contributed by atoms with Crippen LogP contribution in [0.4, 0.5) is 8.78 Å². The van der Waals surface area contributed by atoms with Crippen molar-refractivity contribution in [2.45, 2.75) is 6.42 Å². The van der Waals surface area contributed by atoms with Crippen molar-refractivity contribution in [1.82, 2.24) is 15.2 Å². The number of nitrogens with zero attached hydrogens (tertiary/aromatic N) is 2. The molecule has 1 amide bonds. The molecule has 0 atom stereocenters. The first-order valence-electron chi connectivity index (χ1n) is 7.06. The van der Waals surface area contributed by atoms with Crippen LogP contribution in [0.2, 0.25) is 0 Å². The summed E-state index contributed by atoms with van der Waals surface area (Å²) in [5.74, 6) is -1.54. The molecule has 7 heteroatoms. The van der Waals surface area contributed by atoms with Crippen LogP contribution in [0.25, 0.3) is 10.6 Å². The summed E-state index contributed by atoms with van der Waals surface area (Å²) in [6, 6.07) is 3.67. The van der Waals surface area contributed by atoms with Crippen LogP contribution in [0.5, 0.6) is 0 Å². The smallest absolute Gasteiger partial charge is 0.273 e. The number of thiazole rings is 1. The van der Waals surface area contributed by atoms with Crippen molar-refractivity contribution >= 4 is 17.2 Å². The minimum Gasteiger partial charge on any atom is -0.336 e. The van der Waals surface area contributed by atoms with Gasteiger partial charge in [0, 0.05) is 25.0 Å². The van der Waals surface area contributed by atoms with Crippen molar-refractivity contribution < 1.29 is 13.6 Å². The molecule has 3 rings (SSSR count). The first-order chi connectivity index (χ1) is 10.7. The predicted molar refractivity (Wildman–Crippen MR) is 80.9 cm³/mol. The Labute approximate surface area is 130 Å². The van der Waals surface area contributed by atoms with Crippen LogP contribution in [0.15, 0.2) is 23.6 Å². The fourth-order valence-electron chi connectivity index (χ4n) is 2.40. The van der Waals surface area contributed by atoms with Crippen molar-refractivity contribution in [3.05, 3.63) is 40.9 Å². The summed E-state index contributed by atoms with van der Waals surface area (Å²) in [6.07, 6.45) is 0.880. The van der Waals surface area contributed by atoms with Gasteiger partial charge >= 0.3 is 0 Å². The molecular formula is C15H15F2N3OS. The third-order valence-electron chi connectivity index (χ3n) is 3.53. The third kappa shape index (κ3) is 3.00. The minimum absolute atomic E-state index is 0.177. The third-order valence-corrected chi connectivity index (χ3v) is 4.39. The van der Waals surface area contributed by atoms with Crippen molar-refractivity contribution in [2.75, 3.05) is 26.2 Å². The molecule has 0 unspecified atom stereocenters. The number of carbonyl (C=O) groups excluding carboxylic acids is 1. The number of benzene rings is 1. The van der Waals surface area contributed by atoms with Crippen LogP contribution in [0, 0.1) is 11.6 Å². The lowest BCUT2D eigenvalue weighted by Crippen LogP contribution is -2.34. The van der Waals surface area contributed by atoms with Gasteiger partial charge in [0.1, 0.15) is 22.3 Å². The Morgan fingerprint density at radius 3 is 2.77 bits per heavy atom. The molecule has 1 N–H and O–H groups in total. The van der Waals surface area contributed by atoms with Crippen LogP contribution < -0.4 is 5.32 Å². The Bertz CT molecular complexity index is 661. The van der Waals surface area contributed by atoms with Crippen LogP contribution >= 0.6 is 11.3 Å². The fraction of sp³-hybridized carbons (Fsp3) is 0.333. The summed E-state index contributed by atoms with van der Waals surface area (Å²) in [5.41, 5.74) is 0.0636. The van der Waals surface area contributed by atoms with E-state index < -0.39 is 11.6 Å². The van der Waals surface area contributed by atoms with E-state index in [9.17, 15) is 13.6 Å². The largest absolute Gasteiger partial charge is 0.336 e. The van der Waals surface area contributed by atoms with E-state index in [1.807, 2.05) is 0 Å². The molecular weight excluding hydrogens is 308 g/mol. The lowest BCUT2D eigenvalue weighted by Gasteiger charge is -2.18. The highest BCUT2D eigenvalue weighted by Crippen LogP contribution is 2.29. The van der Waals surface area contributed by atoms with Gasteiger partial charge in [-0.05, 0) is 25.1 Å². The summed E-state index contributed by atoms with van der Waals surface area (Å²) in [6.45, 7) is 2.89. The highest BCUT2D eigenvalue weighted by molar-refractivity contribution is 7.13. The maximum absolute atomic E-state index is 13.8. The Hall–Kier alpha value is -1.86. The molecule has 1 saturated heterocycles. The number of carbonyl (C=O) groups is 1. The summed E-state index contributed by atoms with van der Waals surface area (Å²) in [5, 5.41) is 4.96. The molecule has 2 heterocycles. The van der Waals surface area contributed by atoms with Crippen molar-refractivity contribution in [2.24, 2.45) is 0 Å². The number of nitrogens with one attached hydrogen (secondary N) is 1. The Morgan fingerprint density at radius 2 is 2.00 bits per heavy atom. The number of hydrogen-bond acceptors (Lipinski definition) is 4. The lowest BCUT2D eigenvalue weighted by molar-refractivity contribution is 0.0761. The molecule has 0 saturated carbocycles. The summed E-state index contributed by atoms with van der Waals surface area (Å²) in [4.78, 5) is 18.3. The van der Waals surface area contributed by atoms with Crippen molar-refractivity contribution in [3.63, 3.8) is 0 Å². The molecule has 22 heavy (non-hydrogen) atoms. The molecule has 0 aliphatic carbocycles. The van der Waals surface area contributed by atoms with Crippen LogP contribution in [-0.2, 0) is 0 Å². The Balaban J connectivity index is 1.85. The Kier molecular flexibility index (Phi) is 4.44. The fourth-order valence-corrected chi connectivity index (χ4v) is 3.24. The lowest BCUT2D eigenvalue weighted by atomic mass is 10.2. The van der Waals surface area contributed by atoms with E-state index >= 15 is 0 Å². The quantitative estimate of drug-likeness (QED) is 0.924. The van der Waals surface area contributed by atoms with Gasteiger partial charge in [0.2, 0.25) is 0 Å². The van der Waals surface area contributed by atoms with E-state index in [-0.39, 0.29) is 22.2 Å². The first-order valence-corrected chi connectivity index (χ1v) is 7.94.